The lowest BCUT2D eigenvalue weighted by Gasteiger charge is -2.34. The molecule has 3 rings (SSSR count). The Hall–Kier alpha value is -2.60. The molecule has 0 bridgehead atoms. The van der Waals surface area contributed by atoms with E-state index >= 15 is 0 Å². The van der Waals surface area contributed by atoms with Gasteiger partial charge in [0, 0.05) is 32.9 Å². The molecule has 1 aromatic heterocycles. The molecule has 0 saturated carbocycles. The van der Waals surface area contributed by atoms with Crippen molar-refractivity contribution >= 4 is 5.91 Å². The lowest BCUT2D eigenvalue weighted by molar-refractivity contribution is 0.0726. The third-order valence-corrected chi connectivity index (χ3v) is 5.55. The normalized spacial score (nSPS) is 17.0. The molecule has 1 amide bonds. The number of piperidine rings is 1. The number of amides is 1. The van der Waals surface area contributed by atoms with Crippen LogP contribution in [0.2, 0.25) is 0 Å². The second-order valence-corrected chi connectivity index (χ2v) is 7.65. The first-order valence-electron chi connectivity index (χ1n) is 10.2. The van der Waals surface area contributed by atoms with Crippen molar-refractivity contribution in [2.75, 3.05) is 47.4 Å². The van der Waals surface area contributed by atoms with Gasteiger partial charge in [-0.15, -0.1) is 0 Å². The van der Waals surface area contributed by atoms with E-state index in [2.05, 4.69) is 22.0 Å². The van der Waals surface area contributed by atoms with E-state index in [1.54, 1.807) is 37.4 Å². The highest BCUT2D eigenvalue weighted by molar-refractivity contribution is 5.96. The van der Waals surface area contributed by atoms with Crippen molar-refractivity contribution in [3.8, 4) is 11.6 Å². The van der Waals surface area contributed by atoms with Crippen LogP contribution in [0.3, 0.4) is 0 Å². The van der Waals surface area contributed by atoms with Crippen LogP contribution in [0.1, 0.15) is 28.8 Å². The van der Waals surface area contributed by atoms with Crippen molar-refractivity contribution in [2.24, 2.45) is 5.92 Å². The Morgan fingerprint density at radius 3 is 2.72 bits per heavy atom. The maximum atomic E-state index is 12.8. The molecule has 6 heteroatoms. The first-order chi connectivity index (χ1) is 14.1. The quantitative estimate of drug-likeness (QED) is 0.685. The lowest BCUT2D eigenvalue weighted by atomic mass is 9.97. The summed E-state index contributed by atoms with van der Waals surface area (Å²) in [5, 5.41) is 0. The molecular formula is C23H31N3O3. The summed E-state index contributed by atoms with van der Waals surface area (Å²) in [6.45, 7) is 3.94. The van der Waals surface area contributed by atoms with E-state index in [0.29, 0.717) is 17.4 Å². The van der Waals surface area contributed by atoms with Gasteiger partial charge in [-0.25, -0.2) is 4.98 Å². The molecule has 1 fully saturated rings. The minimum atomic E-state index is -0.0368. The third-order valence-electron chi connectivity index (χ3n) is 5.55. The van der Waals surface area contributed by atoms with Gasteiger partial charge in [0.1, 0.15) is 11.3 Å². The molecule has 1 atom stereocenters. The number of ether oxygens (including phenoxy) is 2. The van der Waals surface area contributed by atoms with Gasteiger partial charge in [-0.2, -0.15) is 0 Å². The maximum absolute atomic E-state index is 12.8. The van der Waals surface area contributed by atoms with Gasteiger partial charge in [-0.1, -0.05) is 12.1 Å². The molecular weight excluding hydrogens is 366 g/mol. The molecule has 1 aliphatic rings. The highest BCUT2D eigenvalue weighted by atomic mass is 16.5. The van der Waals surface area contributed by atoms with Gasteiger partial charge in [0.2, 0.25) is 5.88 Å². The average Bonchev–Trinajstić information content (AvgIpc) is 2.77. The van der Waals surface area contributed by atoms with E-state index in [0.717, 1.165) is 44.8 Å². The van der Waals surface area contributed by atoms with Crippen molar-refractivity contribution in [1.29, 1.82) is 0 Å². The van der Waals surface area contributed by atoms with Gasteiger partial charge in [0.05, 0.1) is 14.2 Å². The number of pyridine rings is 1. The van der Waals surface area contributed by atoms with Crippen LogP contribution in [-0.2, 0) is 6.42 Å². The highest BCUT2D eigenvalue weighted by Gasteiger charge is 2.24. The second kappa shape index (κ2) is 10.3. The summed E-state index contributed by atoms with van der Waals surface area (Å²) in [6.07, 6.45) is 4.99. The van der Waals surface area contributed by atoms with Crippen molar-refractivity contribution in [3.05, 3.63) is 53.7 Å². The Kier molecular flexibility index (Phi) is 7.47. The van der Waals surface area contributed by atoms with Crippen LogP contribution in [0.5, 0.6) is 11.6 Å². The lowest BCUT2D eigenvalue weighted by Crippen LogP contribution is -2.42. The molecule has 1 aliphatic heterocycles. The van der Waals surface area contributed by atoms with Crippen LogP contribution >= 0.6 is 0 Å². The predicted octanol–water partition coefficient (Wildman–Crippen LogP) is 3.13. The number of aromatic nitrogens is 1. The molecule has 0 spiro atoms. The van der Waals surface area contributed by atoms with Crippen LogP contribution in [0.25, 0.3) is 0 Å². The smallest absolute Gasteiger partial charge is 0.259 e. The zero-order valence-electron chi connectivity index (χ0n) is 17.6. The Balaban J connectivity index is 1.51. The number of carbonyl (C=O) groups excluding carboxylic acids is 1. The van der Waals surface area contributed by atoms with E-state index in [4.69, 9.17) is 9.47 Å². The molecule has 6 nitrogen and oxygen atoms in total. The van der Waals surface area contributed by atoms with Crippen molar-refractivity contribution < 1.29 is 14.3 Å². The van der Waals surface area contributed by atoms with Crippen LogP contribution in [0, 0.1) is 5.92 Å². The standard InChI is InChI=1S/C23H31N3O3/c1-25(23(27)21-7-4-13-24-22(21)29-3)16-19-6-5-14-26(17-19)15-12-18-8-10-20(28-2)11-9-18/h4,7-11,13,19H,5-6,12,14-17H2,1-3H3. The van der Waals surface area contributed by atoms with Crippen molar-refractivity contribution in [1.82, 2.24) is 14.8 Å². The minimum Gasteiger partial charge on any atom is -0.497 e. The zero-order chi connectivity index (χ0) is 20.6. The summed E-state index contributed by atoms with van der Waals surface area (Å²) in [4.78, 5) is 21.3. The molecule has 0 aliphatic carbocycles. The van der Waals surface area contributed by atoms with Gasteiger partial charge >= 0.3 is 0 Å². The Morgan fingerprint density at radius 1 is 1.21 bits per heavy atom. The van der Waals surface area contributed by atoms with Crippen LogP contribution in [0.4, 0.5) is 0 Å². The molecule has 2 aromatic rings. The fraction of sp³-hybridized carbons (Fsp3) is 0.478. The summed E-state index contributed by atoms with van der Waals surface area (Å²) in [5.74, 6) is 1.72. The number of methoxy groups -OCH3 is 2. The van der Waals surface area contributed by atoms with Crippen molar-refractivity contribution in [2.45, 2.75) is 19.3 Å². The van der Waals surface area contributed by atoms with Gasteiger partial charge in [-0.3, -0.25) is 4.79 Å². The van der Waals surface area contributed by atoms with Crippen LogP contribution in [-0.4, -0.2) is 68.1 Å². The molecule has 0 radical (unpaired) electrons. The number of carbonyl (C=O) groups is 1. The summed E-state index contributed by atoms with van der Waals surface area (Å²) in [5.41, 5.74) is 1.84. The molecule has 0 N–H and O–H groups in total. The number of hydrogen-bond acceptors (Lipinski definition) is 5. The first kappa shape index (κ1) is 21.1. The molecule has 156 valence electrons. The van der Waals surface area contributed by atoms with Gasteiger partial charge in [0.15, 0.2) is 0 Å². The first-order valence-corrected chi connectivity index (χ1v) is 10.2. The number of nitrogens with zero attached hydrogens (tertiary/aromatic N) is 3. The highest BCUT2D eigenvalue weighted by Crippen LogP contribution is 2.21. The number of hydrogen-bond donors (Lipinski definition) is 0. The van der Waals surface area contributed by atoms with E-state index in [1.165, 1.54) is 12.0 Å². The van der Waals surface area contributed by atoms with E-state index in [-0.39, 0.29) is 5.91 Å². The van der Waals surface area contributed by atoms with E-state index in [9.17, 15) is 4.79 Å². The van der Waals surface area contributed by atoms with Crippen LogP contribution < -0.4 is 9.47 Å². The molecule has 1 unspecified atom stereocenters. The molecule has 2 heterocycles. The molecule has 1 aromatic carbocycles. The van der Waals surface area contributed by atoms with E-state index < -0.39 is 0 Å². The topological polar surface area (TPSA) is 54.9 Å². The fourth-order valence-electron chi connectivity index (χ4n) is 3.97. The fourth-order valence-corrected chi connectivity index (χ4v) is 3.97. The molecule has 1 saturated heterocycles. The van der Waals surface area contributed by atoms with Gasteiger partial charge < -0.3 is 19.3 Å². The zero-order valence-corrected chi connectivity index (χ0v) is 17.6. The van der Waals surface area contributed by atoms with Gasteiger partial charge in [-0.05, 0) is 61.6 Å². The number of rotatable bonds is 8. The maximum Gasteiger partial charge on any atom is 0.259 e. The third kappa shape index (κ3) is 5.70. The largest absolute Gasteiger partial charge is 0.497 e. The average molecular weight is 398 g/mol. The summed E-state index contributed by atoms with van der Waals surface area (Å²) < 4.78 is 10.5. The SMILES string of the molecule is COc1ccc(CCN2CCCC(CN(C)C(=O)c3cccnc3OC)C2)cc1. The summed E-state index contributed by atoms with van der Waals surface area (Å²) in [7, 11) is 5.10. The Bertz CT molecular complexity index is 794. The number of benzene rings is 1. The van der Waals surface area contributed by atoms with Crippen molar-refractivity contribution in [3.63, 3.8) is 0 Å². The van der Waals surface area contributed by atoms with Gasteiger partial charge in [0.25, 0.3) is 5.91 Å². The molecule has 29 heavy (non-hydrogen) atoms. The second-order valence-electron chi connectivity index (χ2n) is 7.65. The number of likely N-dealkylation sites (tertiary alicyclic amines) is 1. The summed E-state index contributed by atoms with van der Waals surface area (Å²) in [6, 6.07) is 11.8. The minimum absolute atomic E-state index is 0.0368. The van der Waals surface area contributed by atoms with Crippen LogP contribution in [0.15, 0.2) is 42.6 Å². The van der Waals surface area contributed by atoms with E-state index in [1.807, 2.05) is 19.2 Å². The monoisotopic (exact) mass is 397 g/mol. The Labute approximate surface area is 173 Å². The summed E-state index contributed by atoms with van der Waals surface area (Å²) >= 11 is 0. The Morgan fingerprint density at radius 2 is 2.00 bits per heavy atom. The predicted molar refractivity (Wildman–Crippen MR) is 114 cm³/mol.